The Kier molecular flexibility index (Phi) is 5.33. The van der Waals surface area contributed by atoms with Crippen molar-refractivity contribution in [1.29, 1.82) is 0 Å². The van der Waals surface area contributed by atoms with Crippen LogP contribution in [-0.4, -0.2) is 12.5 Å². The molecule has 1 amide bonds. The normalized spacial score (nSPS) is 10.2. The van der Waals surface area contributed by atoms with E-state index in [0.717, 1.165) is 5.56 Å². The Bertz CT molecular complexity index is 715. The SMILES string of the molecule is C#CCOc1cccc(NC(=O)C=Cc2ccc(F)cc2)c1. The van der Waals surface area contributed by atoms with Crippen molar-refractivity contribution in [3.8, 4) is 18.1 Å². The van der Waals surface area contributed by atoms with Crippen LogP contribution < -0.4 is 10.1 Å². The highest BCUT2D eigenvalue weighted by Gasteiger charge is 2.00. The fourth-order valence-corrected chi connectivity index (χ4v) is 1.72. The van der Waals surface area contributed by atoms with Gasteiger partial charge in [-0.15, -0.1) is 6.42 Å². The number of nitrogens with one attached hydrogen (secondary N) is 1. The minimum atomic E-state index is -0.314. The molecule has 22 heavy (non-hydrogen) atoms. The summed E-state index contributed by atoms with van der Waals surface area (Å²) in [5, 5.41) is 2.71. The Labute approximate surface area is 128 Å². The van der Waals surface area contributed by atoms with Crippen LogP contribution in [0.25, 0.3) is 6.08 Å². The van der Waals surface area contributed by atoms with Gasteiger partial charge >= 0.3 is 0 Å². The molecule has 0 fully saturated rings. The monoisotopic (exact) mass is 295 g/mol. The summed E-state index contributed by atoms with van der Waals surface area (Å²) in [5.41, 5.74) is 1.34. The summed E-state index contributed by atoms with van der Waals surface area (Å²) in [6.45, 7) is 0.169. The summed E-state index contributed by atoms with van der Waals surface area (Å²) < 4.78 is 18.0. The lowest BCUT2D eigenvalue weighted by Crippen LogP contribution is -2.07. The molecule has 0 aliphatic carbocycles. The highest BCUT2D eigenvalue weighted by molar-refractivity contribution is 6.02. The molecular weight excluding hydrogens is 281 g/mol. The van der Waals surface area contributed by atoms with E-state index in [-0.39, 0.29) is 18.3 Å². The molecule has 4 heteroatoms. The van der Waals surface area contributed by atoms with E-state index in [2.05, 4.69) is 11.2 Å². The highest BCUT2D eigenvalue weighted by atomic mass is 19.1. The first-order chi connectivity index (χ1) is 10.7. The predicted octanol–water partition coefficient (Wildman–Crippen LogP) is 3.49. The number of anilines is 1. The van der Waals surface area contributed by atoms with E-state index < -0.39 is 0 Å². The van der Waals surface area contributed by atoms with Gasteiger partial charge in [0.25, 0.3) is 0 Å². The molecule has 2 aromatic rings. The minimum Gasteiger partial charge on any atom is -0.481 e. The van der Waals surface area contributed by atoms with Crippen molar-refractivity contribution in [2.24, 2.45) is 0 Å². The van der Waals surface area contributed by atoms with Crippen molar-refractivity contribution >= 4 is 17.7 Å². The van der Waals surface area contributed by atoms with E-state index in [0.29, 0.717) is 11.4 Å². The number of hydrogen-bond donors (Lipinski definition) is 1. The first-order valence-corrected chi connectivity index (χ1v) is 6.58. The van der Waals surface area contributed by atoms with Crippen LogP contribution in [0.2, 0.25) is 0 Å². The summed E-state index contributed by atoms with van der Waals surface area (Å²) in [5.74, 6) is 2.35. The van der Waals surface area contributed by atoms with Gasteiger partial charge < -0.3 is 10.1 Å². The predicted molar refractivity (Wildman–Crippen MR) is 84.8 cm³/mol. The van der Waals surface area contributed by atoms with E-state index in [1.54, 1.807) is 42.5 Å². The third-order valence-electron chi connectivity index (χ3n) is 2.72. The lowest BCUT2D eigenvalue weighted by Gasteiger charge is -2.06. The van der Waals surface area contributed by atoms with E-state index in [4.69, 9.17) is 11.2 Å². The molecule has 0 spiro atoms. The number of halogens is 1. The van der Waals surface area contributed by atoms with Gasteiger partial charge in [-0.3, -0.25) is 4.79 Å². The summed E-state index contributed by atoms with van der Waals surface area (Å²) in [6.07, 6.45) is 8.10. The van der Waals surface area contributed by atoms with E-state index in [1.807, 2.05) is 0 Å². The quantitative estimate of drug-likeness (QED) is 0.677. The molecule has 0 saturated heterocycles. The van der Waals surface area contributed by atoms with E-state index in [9.17, 15) is 9.18 Å². The molecule has 0 heterocycles. The average molecular weight is 295 g/mol. The molecule has 0 saturated carbocycles. The second-order valence-corrected chi connectivity index (χ2v) is 4.39. The summed E-state index contributed by atoms with van der Waals surface area (Å²) in [7, 11) is 0. The topological polar surface area (TPSA) is 38.3 Å². The van der Waals surface area contributed by atoms with Crippen LogP contribution in [0.4, 0.5) is 10.1 Å². The van der Waals surface area contributed by atoms with E-state index >= 15 is 0 Å². The molecule has 0 aliphatic heterocycles. The fraction of sp³-hybridized carbons (Fsp3) is 0.0556. The van der Waals surface area contributed by atoms with Gasteiger partial charge in [0.2, 0.25) is 5.91 Å². The molecule has 0 unspecified atom stereocenters. The zero-order chi connectivity index (χ0) is 15.8. The van der Waals surface area contributed by atoms with E-state index in [1.165, 1.54) is 18.2 Å². The van der Waals surface area contributed by atoms with Gasteiger partial charge in [-0.2, -0.15) is 0 Å². The molecular formula is C18H14FNO2. The lowest BCUT2D eigenvalue weighted by molar-refractivity contribution is -0.111. The number of benzene rings is 2. The molecule has 1 N–H and O–H groups in total. The number of rotatable bonds is 5. The Balaban J connectivity index is 1.97. The molecule has 0 atom stereocenters. The van der Waals surface area contributed by atoms with Gasteiger partial charge in [0.1, 0.15) is 18.2 Å². The number of terminal acetylenes is 1. The minimum absolute atomic E-state index is 0.169. The molecule has 2 aromatic carbocycles. The zero-order valence-corrected chi connectivity index (χ0v) is 11.8. The van der Waals surface area contributed by atoms with Crippen molar-refractivity contribution in [3.63, 3.8) is 0 Å². The summed E-state index contributed by atoms with van der Waals surface area (Å²) in [4.78, 5) is 11.8. The number of carbonyl (C=O) groups excluding carboxylic acids is 1. The van der Waals surface area contributed by atoms with Crippen LogP contribution in [-0.2, 0) is 4.79 Å². The molecule has 2 rings (SSSR count). The molecule has 0 bridgehead atoms. The molecule has 110 valence electrons. The molecule has 0 aromatic heterocycles. The van der Waals surface area contributed by atoms with Gasteiger partial charge in [0.15, 0.2) is 0 Å². The van der Waals surface area contributed by atoms with Crippen molar-refractivity contribution < 1.29 is 13.9 Å². The largest absolute Gasteiger partial charge is 0.481 e. The molecule has 3 nitrogen and oxygen atoms in total. The van der Waals surface area contributed by atoms with Crippen molar-refractivity contribution in [1.82, 2.24) is 0 Å². The lowest BCUT2D eigenvalue weighted by atomic mass is 10.2. The smallest absolute Gasteiger partial charge is 0.248 e. The zero-order valence-electron chi connectivity index (χ0n) is 11.8. The maximum absolute atomic E-state index is 12.8. The first kappa shape index (κ1) is 15.3. The highest BCUT2D eigenvalue weighted by Crippen LogP contribution is 2.17. The van der Waals surface area contributed by atoms with Gasteiger partial charge in [-0.25, -0.2) is 4.39 Å². The summed E-state index contributed by atoms with van der Waals surface area (Å²) >= 11 is 0. The van der Waals surface area contributed by atoms with Gasteiger partial charge in [0, 0.05) is 17.8 Å². The van der Waals surface area contributed by atoms with Crippen molar-refractivity contribution in [2.45, 2.75) is 0 Å². The maximum atomic E-state index is 12.8. The third-order valence-corrected chi connectivity index (χ3v) is 2.72. The maximum Gasteiger partial charge on any atom is 0.248 e. The van der Waals surface area contributed by atoms with Crippen molar-refractivity contribution in [2.75, 3.05) is 11.9 Å². The Morgan fingerprint density at radius 3 is 2.77 bits per heavy atom. The van der Waals surface area contributed by atoms with Gasteiger partial charge in [0.05, 0.1) is 0 Å². The second kappa shape index (κ2) is 7.65. The van der Waals surface area contributed by atoms with Crippen LogP contribution in [0, 0.1) is 18.2 Å². The third kappa shape index (κ3) is 4.80. The van der Waals surface area contributed by atoms with Crippen LogP contribution in [0.3, 0.4) is 0 Å². The standard InChI is InChI=1S/C18H14FNO2/c1-2-12-22-17-5-3-4-16(13-17)20-18(21)11-8-14-6-9-15(19)10-7-14/h1,3-11,13H,12H2,(H,20,21). The van der Waals surface area contributed by atoms with Gasteiger partial charge in [-0.1, -0.05) is 24.1 Å². The van der Waals surface area contributed by atoms with Crippen LogP contribution in [0.1, 0.15) is 5.56 Å². The molecule has 0 aliphatic rings. The Morgan fingerprint density at radius 2 is 2.05 bits per heavy atom. The average Bonchev–Trinajstić information content (AvgIpc) is 2.53. The van der Waals surface area contributed by atoms with Crippen LogP contribution in [0.5, 0.6) is 5.75 Å². The van der Waals surface area contributed by atoms with Crippen LogP contribution in [0.15, 0.2) is 54.6 Å². The number of hydrogen-bond acceptors (Lipinski definition) is 2. The second-order valence-electron chi connectivity index (χ2n) is 4.39. The number of carbonyl (C=O) groups is 1. The number of ether oxygens (including phenoxy) is 1. The Morgan fingerprint density at radius 1 is 1.27 bits per heavy atom. The first-order valence-electron chi connectivity index (χ1n) is 6.58. The summed E-state index contributed by atoms with van der Waals surface area (Å²) in [6, 6.07) is 12.8. The molecule has 0 radical (unpaired) electrons. The number of amides is 1. The fourth-order valence-electron chi connectivity index (χ4n) is 1.72. The Hall–Kier alpha value is -3.06. The van der Waals surface area contributed by atoms with Gasteiger partial charge in [-0.05, 0) is 35.9 Å². The van der Waals surface area contributed by atoms with Crippen LogP contribution >= 0.6 is 0 Å². The van der Waals surface area contributed by atoms with Crippen molar-refractivity contribution in [3.05, 3.63) is 66.0 Å².